The zero-order valence-corrected chi connectivity index (χ0v) is 15.7. The Morgan fingerprint density at radius 3 is 2.52 bits per heavy atom. The number of esters is 1. The van der Waals surface area contributed by atoms with Gasteiger partial charge in [-0.15, -0.1) is 0 Å². The Bertz CT molecular complexity index is 759. The predicted molar refractivity (Wildman–Crippen MR) is 93.0 cm³/mol. The van der Waals surface area contributed by atoms with Crippen molar-refractivity contribution in [2.75, 3.05) is 13.2 Å². The molecule has 1 saturated carbocycles. The fraction of sp³-hybridized carbons (Fsp3) is 0.600. The van der Waals surface area contributed by atoms with E-state index >= 15 is 0 Å². The number of fused-ring (bicyclic) bond motifs is 2. The Morgan fingerprint density at radius 2 is 1.85 bits per heavy atom. The average molecular weight is 383 g/mol. The molecule has 0 N–H and O–H groups in total. The van der Waals surface area contributed by atoms with Crippen LogP contribution >= 0.6 is 0 Å². The molecular formula is C20H24F3NO3. The van der Waals surface area contributed by atoms with Crippen molar-refractivity contribution >= 4 is 11.9 Å². The highest BCUT2D eigenvalue weighted by Gasteiger charge is 2.51. The Morgan fingerprint density at radius 1 is 1.19 bits per heavy atom. The van der Waals surface area contributed by atoms with Crippen LogP contribution in [0.25, 0.3) is 0 Å². The first-order chi connectivity index (χ1) is 12.4. The zero-order chi connectivity index (χ0) is 20.0. The smallest absolute Gasteiger partial charge is 0.417 e. The van der Waals surface area contributed by atoms with Crippen LogP contribution in [0.2, 0.25) is 0 Å². The molecule has 1 saturated heterocycles. The third-order valence-electron chi connectivity index (χ3n) is 5.51. The minimum Gasteiger partial charge on any atom is -0.452 e. The number of halogens is 3. The monoisotopic (exact) mass is 383 g/mol. The Balaban J connectivity index is 1.66. The van der Waals surface area contributed by atoms with Gasteiger partial charge in [0, 0.05) is 12.6 Å². The van der Waals surface area contributed by atoms with Crippen LogP contribution in [0.5, 0.6) is 0 Å². The van der Waals surface area contributed by atoms with Crippen molar-refractivity contribution in [2.24, 2.45) is 10.8 Å². The Hall–Kier alpha value is -2.05. The van der Waals surface area contributed by atoms with E-state index in [0.717, 1.165) is 31.4 Å². The van der Waals surface area contributed by atoms with Crippen molar-refractivity contribution in [3.63, 3.8) is 0 Å². The lowest BCUT2D eigenvalue weighted by Gasteiger charge is -2.39. The van der Waals surface area contributed by atoms with Crippen LogP contribution < -0.4 is 0 Å². The number of hydrogen-bond acceptors (Lipinski definition) is 3. The largest absolute Gasteiger partial charge is 0.452 e. The van der Waals surface area contributed by atoms with Crippen LogP contribution in [0.3, 0.4) is 0 Å². The second kappa shape index (κ2) is 6.53. The summed E-state index contributed by atoms with van der Waals surface area (Å²) in [5.74, 6) is -1.48. The van der Waals surface area contributed by atoms with Gasteiger partial charge in [-0.1, -0.05) is 32.9 Å². The molecule has 0 unspecified atom stereocenters. The van der Waals surface area contributed by atoms with Gasteiger partial charge in [0.05, 0.1) is 11.1 Å². The Labute approximate surface area is 156 Å². The number of ether oxygens (including phenoxy) is 1. The van der Waals surface area contributed by atoms with E-state index in [1.165, 1.54) is 12.1 Å². The summed E-state index contributed by atoms with van der Waals surface area (Å²) in [6, 6.07) is 4.51. The van der Waals surface area contributed by atoms with Gasteiger partial charge in [-0.2, -0.15) is 13.2 Å². The van der Waals surface area contributed by atoms with E-state index in [4.69, 9.17) is 4.74 Å². The van der Waals surface area contributed by atoms with Gasteiger partial charge in [0.1, 0.15) is 0 Å². The summed E-state index contributed by atoms with van der Waals surface area (Å²) >= 11 is 0. The van der Waals surface area contributed by atoms with E-state index in [-0.39, 0.29) is 22.8 Å². The van der Waals surface area contributed by atoms with Gasteiger partial charge in [-0.25, -0.2) is 4.79 Å². The summed E-state index contributed by atoms with van der Waals surface area (Å²) in [6.07, 6.45) is -1.86. The molecule has 1 amide bonds. The molecule has 1 heterocycles. The highest BCUT2D eigenvalue weighted by molar-refractivity contribution is 5.93. The van der Waals surface area contributed by atoms with E-state index in [2.05, 4.69) is 20.8 Å². The van der Waals surface area contributed by atoms with Gasteiger partial charge in [0.25, 0.3) is 5.91 Å². The summed E-state index contributed by atoms with van der Waals surface area (Å²) < 4.78 is 44.0. The van der Waals surface area contributed by atoms with Gasteiger partial charge < -0.3 is 9.64 Å². The minimum absolute atomic E-state index is 0.0367. The maximum atomic E-state index is 13.0. The van der Waals surface area contributed by atoms with Crippen LogP contribution in [0.15, 0.2) is 24.3 Å². The lowest BCUT2D eigenvalue weighted by atomic mass is 9.65. The third kappa shape index (κ3) is 4.12. The van der Waals surface area contributed by atoms with Crippen molar-refractivity contribution in [1.82, 2.24) is 4.90 Å². The maximum Gasteiger partial charge on any atom is 0.417 e. The molecule has 1 aliphatic carbocycles. The molecule has 0 radical (unpaired) electrons. The SMILES string of the molecule is CC1(C)C[C@H]2C[C@](C)(CN2C(=O)COC(=O)c2ccccc2C(F)(F)F)C1. The molecule has 1 aliphatic heterocycles. The fourth-order valence-electron chi connectivity index (χ4n) is 4.95. The molecule has 3 rings (SSSR count). The second-order valence-corrected chi connectivity index (χ2v) is 8.85. The second-order valence-electron chi connectivity index (χ2n) is 8.85. The van der Waals surface area contributed by atoms with Crippen LogP contribution in [0.4, 0.5) is 13.2 Å². The minimum atomic E-state index is -4.66. The lowest BCUT2D eigenvalue weighted by Crippen LogP contribution is -2.39. The topological polar surface area (TPSA) is 46.6 Å². The normalized spacial score (nSPS) is 26.7. The van der Waals surface area contributed by atoms with E-state index in [9.17, 15) is 22.8 Å². The Kier molecular flexibility index (Phi) is 4.77. The van der Waals surface area contributed by atoms with Crippen LogP contribution in [0, 0.1) is 10.8 Å². The fourth-order valence-corrected chi connectivity index (χ4v) is 4.95. The summed E-state index contributed by atoms with van der Waals surface area (Å²) in [5.41, 5.74) is -1.47. The summed E-state index contributed by atoms with van der Waals surface area (Å²) in [4.78, 5) is 26.5. The van der Waals surface area contributed by atoms with Crippen molar-refractivity contribution in [1.29, 1.82) is 0 Å². The van der Waals surface area contributed by atoms with Crippen LogP contribution in [0.1, 0.15) is 56.0 Å². The lowest BCUT2D eigenvalue weighted by molar-refractivity contribution is -0.138. The number of amides is 1. The number of carbonyl (C=O) groups excluding carboxylic acids is 2. The standard InChI is InChI=1S/C20H24F3NO3/c1-18(2)8-13-9-19(3,11-18)12-24(13)16(25)10-27-17(26)14-6-4-5-7-15(14)20(21,22)23/h4-7,13H,8-12H2,1-3H3/t13-,19-/m0/s1. The summed E-state index contributed by atoms with van der Waals surface area (Å²) in [5, 5.41) is 0. The molecule has 148 valence electrons. The van der Waals surface area contributed by atoms with E-state index in [1.54, 1.807) is 4.90 Å². The predicted octanol–water partition coefficient (Wildman–Crippen LogP) is 4.29. The number of hydrogen-bond donors (Lipinski definition) is 0. The molecule has 7 heteroatoms. The summed E-state index contributed by atoms with van der Waals surface area (Å²) in [6.45, 7) is 6.56. The first-order valence-corrected chi connectivity index (χ1v) is 9.03. The van der Waals surface area contributed by atoms with Crippen molar-refractivity contribution < 1.29 is 27.5 Å². The molecule has 4 nitrogen and oxygen atoms in total. The molecule has 2 fully saturated rings. The molecule has 2 aliphatic rings. The molecule has 0 aromatic heterocycles. The third-order valence-corrected chi connectivity index (χ3v) is 5.51. The number of benzene rings is 1. The molecule has 27 heavy (non-hydrogen) atoms. The highest BCUT2D eigenvalue weighted by Crippen LogP contribution is 2.52. The van der Waals surface area contributed by atoms with Gasteiger partial charge in [0.15, 0.2) is 6.61 Å². The first kappa shape index (κ1) is 19.7. The number of carbonyl (C=O) groups is 2. The number of rotatable bonds is 3. The molecule has 0 spiro atoms. The molecule has 2 atom stereocenters. The number of alkyl halides is 3. The van der Waals surface area contributed by atoms with Gasteiger partial charge in [0.2, 0.25) is 0 Å². The average Bonchev–Trinajstić information content (AvgIpc) is 2.80. The quantitative estimate of drug-likeness (QED) is 0.732. The molecule has 2 bridgehead atoms. The van der Waals surface area contributed by atoms with E-state index in [0.29, 0.717) is 6.54 Å². The van der Waals surface area contributed by atoms with Crippen molar-refractivity contribution in [3.8, 4) is 0 Å². The van der Waals surface area contributed by atoms with Crippen molar-refractivity contribution in [3.05, 3.63) is 35.4 Å². The molecule has 1 aromatic carbocycles. The van der Waals surface area contributed by atoms with Gasteiger partial charge in [-0.05, 0) is 42.2 Å². The van der Waals surface area contributed by atoms with Gasteiger partial charge in [-0.3, -0.25) is 4.79 Å². The summed E-state index contributed by atoms with van der Waals surface area (Å²) in [7, 11) is 0. The van der Waals surface area contributed by atoms with Crippen molar-refractivity contribution in [2.45, 2.75) is 52.3 Å². The van der Waals surface area contributed by atoms with E-state index < -0.39 is 29.9 Å². The molecule has 1 aromatic rings. The van der Waals surface area contributed by atoms with Crippen LogP contribution in [-0.2, 0) is 15.7 Å². The zero-order valence-electron chi connectivity index (χ0n) is 15.7. The van der Waals surface area contributed by atoms with Gasteiger partial charge >= 0.3 is 12.1 Å². The highest BCUT2D eigenvalue weighted by atomic mass is 19.4. The molecular weight excluding hydrogens is 359 g/mol. The number of likely N-dealkylation sites (tertiary alicyclic amines) is 1. The van der Waals surface area contributed by atoms with E-state index in [1.807, 2.05) is 0 Å². The number of nitrogens with zero attached hydrogens (tertiary/aromatic N) is 1. The van der Waals surface area contributed by atoms with Crippen LogP contribution in [-0.4, -0.2) is 36.0 Å². The first-order valence-electron chi connectivity index (χ1n) is 9.03. The maximum absolute atomic E-state index is 13.0.